The number of anilines is 1. The molecule has 1 aliphatic heterocycles. The molecule has 6 nitrogen and oxygen atoms in total. The van der Waals surface area contributed by atoms with Crippen molar-refractivity contribution in [1.82, 2.24) is 14.2 Å². The van der Waals surface area contributed by atoms with Crippen LogP contribution in [0, 0.1) is 11.8 Å². The summed E-state index contributed by atoms with van der Waals surface area (Å²) in [6.07, 6.45) is 4.40. The number of aldehydes is 1. The van der Waals surface area contributed by atoms with Gasteiger partial charge in [-0.25, -0.2) is 0 Å². The van der Waals surface area contributed by atoms with Crippen LogP contribution in [0.3, 0.4) is 0 Å². The van der Waals surface area contributed by atoms with Crippen molar-refractivity contribution in [3.8, 4) is 0 Å². The fourth-order valence-corrected chi connectivity index (χ4v) is 6.40. The molecule has 0 bridgehead atoms. The van der Waals surface area contributed by atoms with Crippen LogP contribution in [0.15, 0.2) is 48.5 Å². The van der Waals surface area contributed by atoms with Crippen molar-refractivity contribution in [3.05, 3.63) is 59.7 Å². The second-order valence-corrected chi connectivity index (χ2v) is 10.4. The molecule has 2 heterocycles. The van der Waals surface area contributed by atoms with E-state index in [4.69, 9.17) is 4.37 Å². The van der Waals surface area contributed by atoms with Crippen LogP contribution in [0.2, 0.25) is 0 Å². The molecule has 1 saturated carbocycles. The quantitative estimate of drug-likeness (QED) is 0.473. The van der Waals surface area contributed by atoms with Gasteiger partial charge in [0.05, 0.1) is 10.3 Å². The predicted octanol–water partition coefficient (Wildman–Crippen LogP) is 4.42. The first kappa shape index (κ1) is 23.0. The summed E-state index contributed by atoms with van der Waals surface area (Å²) in [7, 11) is 1.87. The molecule has 0 radical (unpaired) electrons. The molecular weight excluding hydrogens is 444 g/mol. The molecule has 1 aromatic heterocycles. The third-order valence-corrected chi connectivity index (χ3v) is 8.33. The Labute approximate surface area is 205 Å². The zero-order chi connectivity index (χ0) is 23.5. The minimum Gasteiger partial charge on any atom is -0.353 e. The molecule has 2 atom stereocenters. The van der Waals surface area contributed by atoms with Crippen LogP contribution in [-0.4, -0.2) is 72.7 Å². The highest BCUT2D eigenvalue weighted by Gasteiger charge is 2.32. The zero-order valence-electron chi connectivity index (χ0n) is 19.7. The molecule has 1 saturated heterocycles. The zero-order valence-corrected chi connectivity index (χ0v) is 20.5. The number of hydrogen-bond acceptors (Lipinski definition) is 6. The Hall–Kier alpha value is -2.77. The van der Waals surface area contributed by atoms with E-state index in [2.05, 4.69) is 34.1 Å². The van der Waals surface area contributed by atoms with Gasteiger partial charge in [0.1, 0.15) is 5.82 Å². The highest BCUT2D eigenvalue weighted by Crippen LogP contribution is 2.34. The number of benzene rings is 2. The smallest absolute Gasteiger partial charge is 0.254 e. The number of carbonyl (C=O) groups excluding carboxylic acids is 2. The maximum Gasteiger partial charge on any atom is 0.254 e. The normalized spacial score (nSPS) is 21.1. The number of nitrogens with zero attached hydrogens (tertiary/aromatic N) is 4. The molecule has 2 fully saturated rings. The van der Waals surface area contributed by atoms with E-state index in [0.717, 1.165) is 51.4 Å². The SMILES string of the molecule is CN(C[C@H]1CCCC1CN1CCN(c2nsc3ccccc23)CC1)C(=O)c1ccccc1C=O. The van der Waals surface area contributed by atoms with Gasteiger partial charge in [-0.1, -0.05) is 36.8 Å². The molecule has 2 aliphatic rings. The summed E-state index contributed by atoms with van der Waals surface area (Å²) >= 11 is 1.59. The van der Waals surface area contributed by atoms with E-state index in [-0.39, 0.29) is 5.91 Å². The molecule has 7 heteroatoms. The molecule has 2 aromatic carbocycles. The van der Waals surface area contributed by atoms with Gasteiger partial charge in [-0.05, 0) is 54.4 Å². The van der Waals surface area contributed by atoms with E-state index in [0.29, 0.717) is 23.0 Å². The minimum absolute atomic E-state index is 0.0579. The van der Waals surface area contributed by atoms with Crippen LogP contribution in [0.4, 0.5) is 5.82 Å². The van der Waals surface area contributed by atoms with Crippen molar-refractivity contribution in [2.45, 2.75) is 19.3 Å². The molecule has 0 N–H and O–H groups in total. The monoisotopic (exact) mass is 476 g/mol. The van der Waals surface area contributed by atoms with E-state index >= 15 is 0 Å². The molecule has 1 unspecified atom stereocenters. The predicted molar refractivity (Wildman–Crippen MR) is 138 cm³/mol. The standard InChI is InChI=1S/C27H32N4O2S/c1-29(27(33)23-10-3-2-7-22(23)19-32)17-20-8-6-9-21(20)18-30-13-15-31(16-14-30)26-24-11-4-5-12-25(24)34-28-26/h2-5,7,10-12,19-21H,6,8-9,13-18H2,1H3/t20-,21?/m1/s1. The van der Waals surface area contributed by atoms with E-state index in [9.17, 15) is 9.59 Å². The van der Waals surface area contributed by atoms with Crippen LogP contribution in [-0.2, 0) is 0 Å². The van der Waals surface area contributed by atoms with E-state index < -0.39 is 0 Å². The van der Waals surface area contributed by atoms with E-state index in [1.165, 1.54) is 29.3 Å². The summed E-state index contributed by atoms with van der Waals surface area (Å²) in [5.41, 5.74) is 0.966. The lowest BCUT2D eigenvalue weighted by molar-refractivity contribution is 0.0748. The Bertz CT molecular complexity index is 1150. The van der Waals surface area contributed by atoms with E-state index in [1.54, 1.807) is 29.7 Å². The molecular formula is C27H32N4O2S. The lowest BCUT2D eigenvalue weighted by Crippen LogP contribution is -2.48. The second-order valence-electron chi connectivity index (χ2n) is 9.63. The van der Waals surface area contributed by atoms with Crippen LogP contribution in [0.1, 0.15) is 40.0 Å². The number of piperazine rings is 1. The molecule has 1 aliphatic carbocycles. The lowest BCUT2D eigenvalue weighted by atomic mass is 9.94. The Morgan fingerprint density at radius 1 is 1.06 bits per heavy atom. The van der Waals surface area contributed by atoms with Crippen molar-refractivity contribution >= 4 is 39.6 Å². The number of carbonyl (C=O) groups is 2. The van der Waals surface area contributed by atoms with Crippen molar-refractivity contribution < 1.29 is 9.59 Å². The molecule has 34 heavy (non-hydrogen) atoms. The van der Waals surface area contributed by atoms with Gasteiger partial charge in [0.15, 0.2) is 6.29 Å². The van der Waals surface area contributed by atoms with Gasteiger partial charge < -0.3 is 9.80 Å². The maximum absolute atomic E-state index is 13.0. The molecule has 5 rings (SSSR count). The van der Waals surface area contributed by atoms with E-state index in [1.807, 2.05) is 18.0 Å². The topological polar surface area (TPSA) is 56.8 Å². The average Bonchev–Trinajstić information content (AvgIpc) is 3.51. The van der Waals surface area contributed by atoms with Crippen molar-refractivity contribution in [2.75, 3.05) is 51.2 Å². The Kier molecular flexibility index (Phi) is 6.92. The Morgan fingerprint density at radius 3 is 2.62 bits per heavy atom. The third kappa shape index (κ3) is 4.72. The summed E-state index contributed by atoms with van der Waals surface area (Å²) < 4.78 is 5.99. The fraction of sp³-hybridized carbons (Fsp3) is 0.444. The average molecular weight is 477 g/mol. The summed E-state index contributed by atoms with van der Waals surface area (Å²) in [4.78, 5) is 31.2. The Balaban J connectivity index is 1.16. The van der Waals surface area contributed by atoms with Gasteiger partial charge in [-0.15, -0.1) is 0 Å². The molecule has 3 aromatic rings. The molecule has 0 spiro atoms. The Morgan fingerprint density at radius 2 is 1.79 bits per heavy atom. The minimum atomic E-state index is -0.0579. The van der Waals surface area contributed by atoms with Gasteiger partial charge in [-0.3, -0.25) is 14.5 Å². The number of rotatable bonds is 7. The first-order chi connectivity index (χ1) is 16.6. The summed E-state index contributed by atoms with van der Waals surface area (Å²) in [5, 5.41) is 1.26. The highest BCUT2D eigenvalue weighted by molar-refractivity contribution is 7.13. The van der Waals surface area contributed by atoms with Gasteiger partial charge >= 0.3 is 0 Å². The number of amides is 1. The molecule has 178 valence electrons. The van der Waals surface area contributed by atoms with Gasteiger partial charge in [-0.2, -0.15) is 4.37 Å². The van der Waals surface area contributed by atoms with Crippen LogP contribution in [0.25, 0.3) is 10.1 Å². The van der Waals surface area contributed by atoms with Crippen LogP contribution >= 0.6 is 11.5 Å². The van der Waals surface area contributed by atoms with Crippen LogP contribution in [0.5, 0.6) is 0 Å². The number of aromatic nitrogens is 1. The second kappa shape index (κ2) is 10.2. The first-order valence-corrected chi connectivity index (χ1v) is 13.0. The summed E-state index contributed by atoms with van der Waals surface area (Å²) in [6, 6.07) is 15.6. The third-order valence-electron chi connectivity index (χ3n) is 7.51. The molecule has 1 amide bonds. The van der Waals surface area contributed by atoms with Gasteiger partial charge in [0, 0.05) is 57.3 Å². The highest BCUT2D eigenvalue weighted by atomic mass is 32.1. The first-order valence-electron chi connectivity index (χ1n) is 12.3. The van der Waals surface area contributed by atoms with Crippen molar-refractivity contribution in [1.29, 1.82) is 0 Å². The van der Waals surface area contributed by atoms with Gasteiger partial charge in [0.2, 0.25) is 0 Å². The maximum atomic E-state index is 13.0. The van der Waals surface area contributed by atoms with Crippen molar-refractivity contribution in [3.63, 3.8) is 0 Å². The number of hydrogen-bond donors (Lipinski definition) is 0. The number of fused-ring (bicyclic) bond motifs is 1. The van der Waals surface area contributed by atoms with Gasteiger partial charge in [0.25, 0.3) is 5.91 Å². The fourth-order valence-electron chi connectivity index (χ4n) is 5.60. The van der Waals surface area contributed by atoms with Crippen molar-refractivity contribution in [2.24, 2.45) is 11.8 Å². The lowest BCUT2D eigenvalue weighted by Gasteiger charge is -2.37. The largest absolute Gasteiger partial charge is 0.353 e. The summed E-state index contributed by atoms with van der Waals surface area (Å²) in [5.74, 6) is 2.20. The summed E-state index contributed by atoms with van der Waals surface area (Å²) in [6.45, 7) is 5.97. The van der Waals surface area contributed by atoms with Crippen LogP contribution < -0.4 is 4.90 Å².